The summed E-state index contributed by atoms with van der Waals surface area (Å²) in [4.78, 5) is 24.4. The van der Waals surface area contributed by atoms with E-state index in [1.54, 1.807) is 19.2 Å². The predicted octanol–water partition coefficient (Wildman–Crippen LogP) is 0.477. The molecular weight excluding hydrogens is 358 g/mol. The fourth-order valence-corrected chi connectivity index (χ4v) is 4.71. The lowest BCUT2D eigenvalue weighted by Crippen LogP contribution is -2.43. The molecule has 8 nitrogen and oxygen atoms in total. The van der Waals surface area contributed by atoms with Gasteiger partial charge >= 0.3 is 0 Å². The molecule has 2 aliphatic heterocycles. The van der Waals surface area contributed by atoms with Gasteiger partial charge in [-0.2, -0.15) is 5.10 Å². The van der Waals surface area contributed by atoms with Gasteiger partial charge in [0.25, 0.3) is 5.91 Å². The van der Waals surface area contributed by atoms with Gasteiger partial charge in [0.2, 0.25) is 5.91 Å². The zero-order valence-electron chi connectivity index (χ0n) is 14.5. The highest BCUT2D eigenvalue weighted by atomic mass is 32.2. The predicted molar refractivity (Wildman–Crippen MR) is 95.4 cm³/mol. The lowest BCUT2D eigenvalue weighted by Gasteiger charge is -2.27. The molecule has 9 heteroatoms. The topological polar surface area (TPSA) is 105 Å². The molecule has 1 aromatic carbocycles. The van der Waals surface area contributed by atoms with Crippen LogP contribution in [0.1, 0.15) is 24.8 Å². The van der Waals surface area contributed by atoms with Gasteiger partial charge in [-0.1, -0.05) is 12.1 Å². The van der Waals surface area contributed by atoms with Crippen molar-refractivity contribution in [3.63, 3.8) is 0 Å². The Morgan fingerprint density at radius 3 is 2.65 bits per heavy atom. The van der Waals surface area contributed by atoms with Gasteiger partial charge in [-0.15, -0.1) is 0 Å². The molecule has 3 rings (SSSR count). The van der Waals surface area contributed by atoms with Gasteiger partial charge in [0.05, 0.1) is 24.7 Å². The summed E-state index contributed by atoms with van der Waals surface area (Å²) in [5, 5.41) is 8.13. The number of ether oxygens (including phenoxy) is 1. The molecule has 0 aromatic heterocycles. The lowest BCUT2D eigenvalue weighted by atomic mass is 10.1. The van der Waals surface area contributed by atoms with Crippen molar-refractivity contribution in [3.05, 3.63) is 29.8 Å². The van der Waals surface area contributed by atoms with Gasteiger partial charge in [-0.3, -0.25) is 9.59 Å². The van der Waals surface area contributed by atoms with E-state index >= 15 is 0 Å². The van der Waals surface area contributed by atoms with Crippen LogP contribution in [0.15, 0.2) is 29.4 Å². The summed E-state index contributed by atoms with van der Waals surface area (Å²) >= 11 is 0. The largest absolute Gasteiger partial charge is 0.497 e. The molecule has 1 atom stereocenters. The van der Waals surface area contributed by atoms with Crippen LogP contribution in [-0.2, 0) is 26.0 Å². The summed E-state index contributed by atoms with van der Waals surface area (Å²) in [7, 11) is -1.55. The number of hydrazone groups is 1. The molecule has 0 radical (unpaired) electrons. The van der Waals surface area contributed by atoms with Gasteiger partial charge < -0.3 is 10.1 Å². The SMILES string of the molecule is COc1ccc(CNC(=O)C2=NN(C3CCS(=O)(=O)C3)C(=O)CC2)cc1. The number of hydrogen-bond acceptors (Lipinski definition) is 6. The van der Waals surface area contributed by atoms with Crippen molar-refractivity contribution in [2.24, 2.45) is 5.10 Å². The van der Waals surface area contributed by atoms with Crippen LogP contribution in [0, 0.1) is 0 Å². The standard InChI is InChI=1S/C17H21N3O5S/c1-25-14-4-2-12(3-5-14)10-18-17(22)15-6-7-16(21)20(19-15)13-8-9-26(23,24)11-13/h2-5,13H,6-11H2,1H3,(H,18,22). The molecule has 1 unspecified atom stereocenters. The van der Waals surface area contributed by atoms with Crippen LogP contribution < -0.4 is 10.1 Å². The van der Waals surface area contributed by atoms with Crippen LogP contribution in [0.2, 0.25) is 0 Å². The Hall–Kier alpha value is -2.42. The van der Waals surface area contributed by atoms with Crippen molar-refractivity contribution < 1.29 is 22.7 Å². The third kappa shape index (κ3) is 4.21. The smallest absolute Gasteiger partial charge is 0.267 e. The quantitative estimate of drug-likeness (QED) is 0.801. The third-order valence-corrected chi connectivity index (χ3v) is 6.24. The Kier molecular flexibility index (Phi) is 5.26. The number of amides is 2. The molecule has 1 N–H and O–H groups in total. The summed E-state index contributed by atoms with van der Waals surface area (Å²) in [6.07, 6.45) is 0.771. The number of carbonyl (C=O) groups is 2. The van der Waals surface area contributed by atoms with E-state index in [0.717, 1.165) is 11.3 Å². The number of hydrogen-bond donors (Lipinski definition) is 1. The van der Waals surface area contributed by atoms with Gasteiger partial charge in [0.15, 0.2) is 9.84 Å². The molecule has 2 amide bonds. The average molecular weight is 379 g/mol. The van der Waals surface area contributed by atoms with Crippen LogP contribution in [0.4, 0.5) is 0 Å². The average Bonchev–Trinajstić information content (AvgIpc) is 3.00. The molecule has 0 aliphatic carbocycles. The Morgan fingerprint density at radius 1 is 1.31 bits per heavy atom. The highest BCUT2D eigenvalue weighted by Gasteiger charge is 2.37. The Morgan fingerprint density at radius 2 is 2.04 bits per heavy atom. The molecule has 0 saturated carbocycles. The molecule has 1 fully saturated rings. The molecule has 140 valence electrons. The first-order valence-corrected chi connectivity index (χ1v) is 10.2. The number of sulfone groups is 1. The van der Waals surface area contributed by atoms with E-state index in [4.69, 9.17) is 4.74 Å². The molecule has 1 saturated heterocycles. The number of methoxy groups -OCH3 is 1. The first-order chi connectivity index (χ1) is 12.4. The first-order valence-electron chi connectivity index (χ1n) is 8.39. The van der Waals surface area contributed by atoms with Crippen molar-refractivity contribution in [1.82, 2.24) is 10.3 Å². The number of carbonyl (C=O) groups excluding carboxylic acids is 2. The van der Waals surface area contributed by atoms with E-state index in [1.165, 1.54) is 5.01 Å². The summed E-state index contributed by atoms with van der Waals surface area (Å²) in [6, 6.07) is 6.83. The Balaban J connectivity index is 1.64. The van der Waals surface area contributed by atoms with E-state index in [9.17, 15) is 18.0 Å². The van der Waals surface area contributed by atoms with Gasteiger partial charge in [-0.25, -0.2) is 13.4 Å². The van der Waals surface area contributed by atoms with Crippen LogP contribution in [0.3, 0.4) is 0 Å². The van der Waals surface area contributed by atoms with E-state index < -0.39 is 15.9 Å². The third-order valence-electron chi connectivity index (χ3n) is 4.49. The van der Waals surface area contributed by atoms with Crippen LogP contribution >= 0.6 is 0 Å². The highest BCUT2D eigenvalue weighted by Crippen LogP contribution is 2.22. The summed E-state index contributed by atoms with van der Waals surface area (Å²) in [6.45, 7) is 0.327. The fraction of sp³-hybridized carbons (Fsp3) is 0.471. The summed E-state index contributed by atoms with van der Waals surface area (Å²) in [5.74, 6) is 0.106. The van der Waals surface area contributed by atoms with Crippen molar-refractivity contribution >= 4 is 27.4 Å². The first kappa shape index (κ1) is 18.4. The van der Waals surface area contributed by atoms with Crippen LogP contribution in [0.5, 0.6) is 5.75 Å². The lowest BCUT2D eigenvalue weighted by molar-refractivity contribution is -0.133. The Labute approximate surface area is 152 Å². The highest BCUT2D eigenvalue weighted by molar-refractivity contribution is 7.91. The number of nitrogens with one attached hydrogen (secondary N) is 1. The van der Waals surface area contributed by atoms with Crippen molar-refractivity contribution in [2.75, 3.05) is 18.6 Å². The number of benzene rings is 1. The van der Waals surface area contributed by atoms with Crippen LogP contribution in [-0.4, -0.2) is 55.6 Å². The minimum atomic E-state index is -3.13. The van der Waals surface area contributed by atoms with Gasteiger partial charge in [-0.05, 0) is 24.1 Å². The fourth-order valence-electron chi connectivity index (χ4n) is 3.02. The molecule has 0 spiro atoms. The summed E-state index contributed by atoms with van der Waals surface area (Å²) in [5.41, 5.74) is 1.16. The number of nitrogens with zero attached hydrogens (tertiary/aromatic N) is 2. The molecular formula is C17H21N3O5S. The van der Waals surface area contributed by atoms with E-state index in [1.807, 2.05) is 12.1 Å². The maximum Gasteiger partial charge on any atom is 0.267 e. The van der Waals surface area contributed by atoms with Gasteiger partial charge in [0, 0.05) is 19.4 Å². The minimum absolute atomic E-state index is 0.0516. The number of rotatable bonds is 5. The Bertz CT molecular complexity index is 832. The van der Waals surface area contributed by atoms with Crippen LogP contribution in [0.25, 0.3) is 0 Å². The second kappa shape index (κ2) is 7.45. The van der Waals surface area contributed by atoms with Gasteiger partial charge in [0.1, 0.15) is 11.5 Å². The van der Waals surface area contributed by atoms with Crippen molar-refractivity contribution in [2.45, 2.75) is 31.8 Å². The molecule has 2 aliphatic rings. The second-order valence-corrected chi connectivity index (χ2v) is 8.60. The maximum atomic E-state index is 12.4. The van der Waals surface area contributed by atoms with E-state index in [-0.39, 0.29) is 41.9 Å². The normalized spacial score (nSPS) is 22.0. The second-order valence-electron chi connectivity index (χ2n) is 6.37. The zero-order chi connectivity index (χ0) is 18.7. The molecule has 0 bridgehead atoms. The molecule has 2 heterocycles. The van der Waals surface area contributed by atoms with Crippen molar-refractivity contribution in [1.29, 1.82) is 0 Å². The van der Waals surface area contributed by atoms with Crippen molar-refractivity contribution in [3.8, 4) is 5.75 Å². The van der Waals surface area contributed by atoms with E-state index in [2.05, 4.69) is 10.4 Å². The monoisotopic (exact) mass is 379 g/mol. The zero-order valence-corrected chi connectivity index (χ0v) is 15.3. The summed E-state index contributed by atoms with van der Waals surface area (Å²) < 4.78 is 28.4. The minimum Gasteiger partial charge on any atom is -0.497 e. The van der Waals surface area contributed by atoms with E-state index in [0.29, 0.717) is 13.0 Å². The molecule has 1 aromatic rings. The molecule has 26 heavy (non-hydrogen) atoms. The maximum absolute atomic E-state index is 12.4.